The quantitative estimate of drug-likeness (QED) is 0.630. The minimum absolute atomic E-state index is 0.161. The highest BCUT2D eigenvalue weighted by Crippen LogP contribution is 2.37. The van der Waals surface area contributed by atoms with Gasteiger partial charge < -0.3 is 10.2 Å². The Bertz CT molecular complexity index is 165. The fourth-order valence-electron chi connectivity index (χ4n) is 1.83. The van der Waals surface area contributed by atoms with Crippen molar-refractivity contribution < 1.29 is 10.2 Å². The van der Waals surface area contributed by atoms with E-state index in [-0.39, 0.29) is 18.1 Å². The van der Waals surface area contributed by atoms with Crippen molar-refractivity contribution in [1.82, 2.24) is 0 Å². The summed E-state index contributed by atoms with van der Waals surface area (Å²) in [6.45, 7) is 2.38. The molecule has 2 unspecified atom stereocenters. The fourth-order valence-corrected chi connectivity index (χ4v) is 1.83. The Morgan fingerprint density at radius 3 is 2.75 bits per heavy atom. The number of aliphatic hydroxyl groups excluding tert-OH is 2. The Morgan fingerprint density at radius 2 is 2.33 bits per heavy atom. The molecule has 0 radical (unpaired) electrons. The van der Waals surface area contributed by atoms with Crippen molar-refractivity contribution in [2.45, 2.75) is 38.7 Å². The van der Waals surface area contributed by atoms with Crippen molar-refractivity contribution in [1.29, 1.82) is 0 Å². The zero-order chi connectivity index (χ0) is 9.03. The van der Waals surface area contributed by atoms with E-state index in [0.717, 1.165) is 25.7 Å². The third-order valence-electron chi connectivity index (χ3n) is 2.92. The molecule has 1 aliphatic rings. The van der Waals surface area contributed by atoms with Gasteiger partial charge in [0.2, 0.25) is 0 Å². The van der Waals surface area contributed by atoms with Crippen molar-refractivity contribution in [3.05, 3.63) is 12.2 Å². The molecule has 0 aromatic heterocycles. The third-order valence-corrected chi connectivity index (χ3v) is 2.92. The molecule has 2 N–H and O–H groups in total. The molecule has 1 rings (SSSR count). The Labute approximate surface area is 73.9 Å². The number of hydrogen-bond acceptors (Lipinski definition) is 2. The van der Waals surface area contributed by atoms with E-state index < -0.39 is 0 Å². The summed E-state index contributed by atoms with van der Waals surface area (Å²) in [5.74, 6) is 0. The highest BCUT2D eigenvalue weighted by molar-refractivity contribution is 5.06. The van der Waals surface area contributed by atoms with Crippen LogP contribution in [0.5, 0.6) is 0 Å². The average molecular weight is 170 g/mol. The molecule has 0 aromatic rings. The topological polar surface area (TPSA) is 40.5 Å². The van der Waals surface area contributed by atoms with Crippen LogP contribution in [0.15, 0.2) is 12.2 Å². The van der Waals surface area contributed by atoms with E-state index in [4.69, 9.17) is 5.11 Å². The van der Waals surface area contributed by atoms with Gasteiger partial charge in [-0.25, -0.2) is 0 Å². The summed E-state index contributed by atoms with van der Waals surface area (Å²) >= 11 is 0. The molecule has 0 bridgehead atoms. The van der Waals surface area contributed by atoms with E-state index in [0.29, 0.717) is 0 Å². The van der Waals surface area contributed by atoms with E-state index in [1.54, 1.807) is 0 Å². The van der Waals surface area contributed by atoms with Crippen molar-refractivity contribution in [2.24, 2.45) is 5.41 Å². The standard InChI is InChI=1S/C10H18O2/c1-2-10(7-8-11)5-3-9(12)4-6-10/h3,5,9,11-12H,2,4,6-8H2,1H3. The van der Waals surface area contributed by atoms with Gasteiger partial charge in [-0.3, -0.25) is 0 Å². The maximum absolute atomic E-state index is 9.26. The van der Waals surface area contributed by atoms with Crippen LogP contribution in [0, 0.1) is 5.41 Å². The number of rotatable bonds is 3. The first-order valence-electron chi connectivity index (χ1n) is 4.71. The minimum Gasteiger partial charge on any atom is -0.396 e. The molecule has 0 heterocycles. The maximum Gasteiger partial charge on any atom is 0.0721 e. The zero-order valence-electron chi connectivity index (χ0n) is 7.66. The van der Waals surface area contributed by atoms with Gasteiger partial charge >= 0.3 is 0 Å². The van der Waals surface area contributed by atoms with Gasteiger partial charge in [-0.2, -0.15) is 0 Å². The molecule has 0 aromatic carbocycles. The maximum atomic E-state index is 9.26. The predicted molar refractivity (Wildman–Crippen MR) is 48.8 cm³/mol. The van der Waals surface area contributed by atoms with Gasteiger partial charge in [-0.15, -0.1) is 0 Å². The van der Waals surface area contributed by atoms with Crippen LogP contribution in [-0.2, 0) is 0 Å². The first-order valence-corrected chi connectivity index (χ1v) is 4.71. The third kappa shape index (κ3) is 2.08. The fraction of sp³-hybridized carbons (Fsp3) is 0.800. The molecule has 0 saturated carbocycles. The Morgan fingerprint density at radius 1 is 1.58 bits per heavy atom. The van der Waals surface area contributed by atoms with E-state index in [1.807, 2.05) is 6.08 Å². The monoisotopic (exact) mass is 170 g/mol. The molecule has 2 heteroatoms. The molecular formula is C10H18O2. The van der Waals surface area contributed by atoms with Crippen LogP contribution >= 0.6 is 0 Å². The minimum atomic E-state index is -0.261. The SMILES string of the molecule is CCC1(CCO)C=CC(O)CC1. The lowest BCUT2D eigenvalue weighted by molar-refractivity contribution is 0.143. The molecule has 1 aliphatic carbocycles. The van der Waals surface area contributed by atoms with Crippen molar-refractivity contribution in [3.63, 3.8) is 0 Å². The van der Waals surface area contributed by atoms with Crippen LogP contribution in [0.3, 0.4) is 0 Å². The molecule has 2 nitrogen and oxygen atoms in total. The molecule has 12 heavy (non-hydrogen) atoms. The van der Waals surface area contributed by atoms with Crippen molar-refractivity contribution >= 4 is 0 Å². The molecular weight excluding hydrogens is 152 g/mol. The molecule has 0 spiro atoms. The van der Waals surface area contributed by atoms with Crippen LogP contribution in [0.4, 0.5) is 0 Å². The van der Waals surface area contributed by atoms with Crippen LogP contribution in [0.1, 0.15) is 32.6 Å². The molecule has 0 fully saturated rings. The van der Waals surface area contributed by atoms with E-state index in [1.165, 1.54) is 0 Å². The van der Waals surface area contributed by atoms with E-state index in [2.05, 4.69) is 13.0 Å². The highest BCUT2D eigenvalue weighted by Gasteiger charge is 2.27. The van der Waals surface area contributed by atoms with Gasteiger partial charge in [-0.05, 0) is 31.1 Å². The number of hydrogen-bond donors (Lipinski definition) is 2. The number of aliphatic hydroxyl groups is 2. The second-order valence-corrected chi connectivity index (χ2v) is 3.65. The summed E-state index contributed by atoms with van der Waals surface area (Å²) in [6.07, 6.45) is 7.40. The normalized spacial score (nSPS) is 35.4. The van der Waals surface area contributed by atoms with Gasteiger partial charge in [0.15, 0.2) is 0 Å². The van der Waals surface area contributed by atoms with Crippen LogP contribution in [-0.4, -0.2) is 22.9 Å². The summed E-state index contributed by atoms with van der Waals surface area (Å²) < 4.78 is 0. The van der Waals surface area contributed by atoms with Crippen LogP contribution in [0.2, 0.25) is 0 Å². The lowest BCUT2D eigenvalue weighted by Gasteiger charge is -2.33. The van der Waals surface area contributed by atoms with Crippen LogP contribution in [0.25, 0.3) is 0 Å². The lowest BCUT2D eigenvalue weighted by atomic mass is 9.74. The zero-order valence-corrected chi connectivity index (χ0v) is 7.66. The molecule has 2 atom stereocenters. The second kappa shape index (κ2) is 4.06. The highest BCUT2D eigenvalue weighted by atomic mass is 16.3. The lowest BCUT2D eigenvalue weighted by Crippen LogP contribution is -2.25. The Balaban J connectivity index is 2.61. The average Bonchev–Trinajstić information content (AvgIpc) is 2.10. The molecule has 0 saturated heterocycles. The van der Waals surface area contributed by atoms with Gasteiger partial charge in [0.25, 0.3) is 0 Å². The van der Waals surface area contributed by atoms with Crippen LogP contribution < -0.4 is 0 Å². The molecule has 70 valence electrons. The first-order chi connectivity index (χ1) is 5.72. The van der Waals surface area contributed by atoms with E-state index >= 15 is 0 Å². The largest absolute Gasteiger partial charge is 0.396 e. The van der Waals surface area contributed by atoms with Gasteiger partial charge in [0.05, 0.1) is 6.10 Å². The summed E-state index contributed by atoms with van der Waals surface area (Å²) in [6, 6.07) is 0. The Hall–Kier alpha value is -0.340. The Kier molecular flexibility index (Phi) is 3.29. The predicted octanol–water partition coefficient (Wildman–Crippen LogP) is 1.48. The smallest absolute Gasteiger partial charge is 0.0721 e. The van der Waals surface area contributed by atoms with Crippen molar-refractivity contribution in [2.75, 3.05) is 6.61 Å². The van der Waals surface area contributed by atoms with Gasteiger partial charge in [0.1, 0.15) is 0 Å². The van der Waals surface area contributed by atoms with Gasteiger partial charge in [-0.1, -0.05) is 19.1 Å². The summed E-state index contributed by atoms with van der Waals surface area (Å²) in [5.41, 5.74) is 0.161. The molecule has 0 aliphatic heterocycles. The second-order valence-electron chi connectivity index (χ2n) is 3.65. The number of allylic oxidation sites excluding steroid dienone is 1. The first kappa shape index (κ1) is 9.75. The van der Waals surface area contributed by atoms with E-state index in [9.17, 15) is 5.11 Å². The van der Waals surface area contributed by atoms with Crippen molar-refractivity contribution in [3.8, 4) is 0 Å². The summed E-state index contributed by atoms with van der Waals surface area (Å²) in [5, 5.41) is 18.1. The van der Waals surface area contributed by atoms with Gasteiger partial charge in [0, 0.05) is 6.61 Å². The summed E-state index contributed by atoms with van der Waals surface area (Å²) in [4.78, 5) is 0. The molecule has 0 amide bonds. The summed E-state index contributed by atoms with van der Waals surface area (Å²) in [7, 11) is 0.